The fourth-order valence-corrected chi connectivity index (χ4v) is 9.38. The fraction of sp³-hybridized carbons (Fsp3) is 0.800. The Morgan fingerprint density at radius 1 is 0.708 bits per heavy atom. The summed E-state index contributed by atoms with van der Waals surface area (Å²) in [4.78, 5) is 22.7. The molecule has 0 bridgehead atoms. The zero-order valence-electron chi connectivity index (χ0n) is 13.6. The molecule has 6 rings (SSSR count). The van der Waals surface area contributed by atoms with Crippen LogP contribution >= 0.6 is 0 Å². The summed E-state index contributed by atoms with van der Waals surface area (Å²) in [7, 11) is 0. The molecule has 2 N–H and O–H groups in total. The van der Waals surface area contributed by atoms with Gasteiger partial charge < -0.3 is 10.2 Å². The van der Waals surface area contributed by atoms with Gasteiger partial charge in [-0.3, -0.25) is 9.59 Å². The van der Waals surface area contributed by atoms with Crippen LogP contribution < -0.4 is 0 Å². The smallest absolute Gasteiger partial charge is 0.303 e. The van der Waals surface area contributed by atoms with E-state index in [9.17, 15) is 19.8 Å². The van der Waals surface area contributed by atoms with Crippen LogP contribution in [0, 0.1) is 71.0 Å². The SMILES string of the molecule is O=C(O)C[C@H]1C[C@H]2[C@H]3C[C@@H](CC(=O)O)[C@H]4[C@H]3C3C5[C@@H](C=C[C@H]54)[C@@H]1[C@H]32. The maximum absolute atomic E-state index is 11.4. The molecule has 2 unspecified atom stereocenters. The molecule has 0 aromatic heterocycles. The largest absolute Gasteiger partial charge is 0.481 e. The molecule has 4 heteroatoms. The highest BCUT2D eigenvalue weighted by atomic mass is 16.4. The number of carbonyl (C=O) groups is 2. The number of hydrogen-bond acceptors (Lipinski definition) is 2. The molecule has 0 aromatic carbocycles. The number of aliphatic carboxylic acids is 2. The Bertz CT molecular complexity index is 615. The first-order valence-electron chi connectivity index (χ1n) is 9.68. The summed E-state index contributed by atoms with van der Waals surface area (Å²) in [6.45, 7) is 0. The van der Waals surface area contributed by atoms with E-state index >= 15 is 0 Å². The van der Waals surface area contributed by atoms with Crippen molar-refractivity contribution in [1.82, 2.24) is 0 Å². The van der Waals surface area contributed by atoms with Crippen molar-refractivity contribution in [2.24, 2.45) is 71.0 Å². The van der Waals surface area contributed by atoms with E-state index < -0.39 is 11.9 Å². The Morgan fingerprint density at radius 3 is 1.58 bits per heavy atom. The minimum Gasteiger partial charge on any atom is -0.481 e. The molecule has 0 amide bonds. The Morgan fingerprint density at radius 2 is 1.17 bits per heavy atom. The number of carboxylic acid groups (broad SMARTS) is 2. The molecule has 0 saturated heterocycles. The van der Waals surface area contributed by atoms with E-state index in [1.165, 1.54) is 0 Å². The van der Waals surface area contributed by atoms with Crippen LogP contribution in [0.25, 0.3) is 0 Å². The molecule has 6 aliphatic rings. The first kappa shape index (κ1) is 13.9. The van der Waals surface area contributed by atoms with Gasteiger partial charge in [0.25, 0.3) is 0 Å². The maximum atomic E-state index is 11.4. The normalized spacial score (nSPS) is 60.2. The van der Waals surface area contributed by atoms with Crippen molar-refractivity contribution in [1.29, 1.82) is 0 Å². The Kier molecular flexibility index (Phi) is 2.47. The van der Waals surface area contributed by atoms with Gasteiger partial charge in [-0.1, -0.05) is 12.2 Å². The van der Waals surface area contributed by atoms with Gasteiger partial charge in [0.15, 0.2) is 0 Å². The van der Waals surface area contributed by atoms with E-state index in [1.54, 1.807) is 0 Å². The van der Waals surface area contributed by atoms with Gasteiger partial charge in [-0.15, -0.1) is 0 Å². The fourth-order valence-electron chi connectivity index (χ4n) is 9.38. The molecular weight excluding hydrogens is 304 g/mol. The molecule has 4 nitrogen and oxygen atoms in total. The average molecular weight is 328 g/mol. The van der Waals surface area contributed by atoms with E-state index in [4.69, 9.17) is 0 Å². The molecule has 0 heterocycles. The molecule has 0 radical (unpaired) electrons. The third-order valence-corrected chi connectivity index (χ3v) is 9.21. The van der Waals surface area contributed by atoms with Crippen molar-refractivity contribution in [2.75, 3.05) is 0 Å². The molecule has 0 spiro atoms. The summed E-state index contributed by atoms with van der Waals surface area (Å²) < 4.78 is 0. The van der Waals surface area contributed by atoms with E-state index in [2.05, 4.69) is 12.2 Å². The first-order valence-corrected chi connectivity index (χ1v) is 9.68. The number of rotatable bonds is 4. The van der Waals surface area contributed by atoms with Gasteiger partial charge in [0.1, 0.15) is 0 Å². The predicted octanol–water partition coefficient (Wildman–Crippen LogP) is 2.75. The van der Waals surface area contributed by atoms with Gasteiger partial charge in [0.2, 0.25) is 0 Å². The number of fused-ring (bicyclic) bond motifs is 3. The molecule has 12 atom stereocenters. The van der Waals surface area contributed by atoms with Gasteiger partial charge in [-0.05, 0) is 83.9 Å². The van der Waals surface area contributed by atoms with Crippen LogP contribution in [-0.4, -0.2) is 22.2 Å². The second-order valence-electron chi connectivity index (χ2n) is 9.52. The lowest BCUT2D eigenvalue weighted by Crippen LogP contribution is -2.25. The van der Waals surface area contributed by atoms with Crippen LogP contribution in [0.5, 0.6) is 0 Å². The molecule has 5 fully saturated rings. The molecule has 6 aliphatic carbocycles. The lowest BCUT2D eigenvalue weighted by Gasteiger charge is -2.27. The number of hydrogen-bond donors (Lipinski definition) is 2. The minimum absolute atomic E-state index is 0.339. The standard InChI is InChI=1S/C20H24O4/c21-13(22)5-7-3-11-12-4-8(6-14(23)24)16-10-2-1-9-15(7)18(11)20(17(9)10)19(12)16/h1-2,7-12,15-20H,3-6H2,(H,21,22)(H,23,24)/t7-,8+,9-,10-,11+,12-,15+,16+,17?,18-,19+,20?/m0/s1. The lowest BCUT2D eigenvalue weighted by molar-refractivity contribution is -0.139. The monoisotopic (exact) mass is 328 g/mol. The lowest BCUT2D eigenvalue weighted by atomic mass is 9.77. The predicted molar refractivity (Wildman–Crippen MR) is 84.8 cm³/mol. The highest BCUT2D eigenvalue weighted by molar-refractivity contribution is 5.67. The van der Waals surface area contributed by atoms with Crippen LogP contribution in [0.2, 0.25) is 0 Å². The van der Waals surface area contributed by atoms with Crippen LogP contribution in [0.1, 0.15) is 25.7 Å². The van der Waals surface area contributed by atoms with E-state index in [0.717, 1.165) is 36.5 Å². The molecule has 24 heavy (non-hydrogen) atoms. The topological polar surface area (TPSA) is 74.6 Å². The maximum Gasteiger partial charge on any atom is 0.303 e. The number of carboxylic acids is 2. The summed E-state index contributed by atoms with van der Waals surface area (Å²) >= 11 is 0. The van der Waals surface area contributed by atoms with Gasteiger partial charge in [-0.25, -0.2) is 0 Å². The minimum atomic E-state index is -0.639. The summed E-state index contributed by atoms with van der Waals surface area (Å²) in [5.41, 5.74) is 0. The van der Waals surface area contributed by atoms with E-state index in [0.29, 0.717) is 60.2 Å². The quantitative estimate of drug-likeness (QED) is 0.778. The van der Waals surface area contributed by atoms with Gasteiger partial charge in [0, 0.05) is 12.8 Å². The van der Waals surface area contributed by atoms with Gasteiger partial charge >= 0.3 is 11.9 Å². The zero-order valence-corrected chi connectivity index (χ0v) is 13.6. The van der Waals surface area contributed by atoms with Crippen LogP contribution in [0.15, 0.2) is 12.2 Å². The molecule has 5 saturated carbocycles. The van der Waals surface area contributed by atoms with Crippen molar-refractivity contribution in [2.45, 2.75) is 25.7 Å². The third-order valence-electron chi connectivity index (χ3n) is 9.21. The van der Waals surface area contributed by atoms with Crippen molar-refractivity contribution < 1.29 is 19.8 Å². The van der Waals surface area contributed by atoms with Crippen LogP contribution in [-0.2, 0) is 9.59 Å². The van der Waals surface area contributed by atoms with Crippen molar-refractivity contribution in [3.05, 3.63) is 12.2 Å². The molecular formula is C20H24O4. The summed E-state index contributed by atoms with van der Waals surface area (Å²) in [6.07, 6.45) is 7.69. The van der Waals surface area contributed by atoms with Crippen LogP contribution in [0.3, 0.4) is 0 Å². The second-order valence-corrected chi connectivity index (χ2v) is 9.52. The second kappa shape index (κ2) is 4.25. The van der Waals surface area contributed by atoms with E-state index in [1.807, 2.05) is 0 Å². The van der Waals surface area contributed by atoms with Crippen molar-refractivity contribution in [3.8, 4) is 0 Å². The molecule has 128 valence electrons. The Labute approximate surface area is 141 Å². The van der Waals surface area contributed by atoms with Crippen molar-refractivity contribution >= 4 is 11.9 Å². The third kappa shape index (κ3) is 1.40. The Hall–Kier alpha value is -1.32. The van der Waals surface area contributed by atoms with Gasteiger partial charge in [-0.2, -0.15) is 0 Å². The number of allylic oxidation sites excluding steroid dienone is 2. The average Bonchev–Trinajstić information content (AvgIpc) is 3.19. The van der Waals surface area contributed by atoms with Crippen molar-refractivity contribution in [3.63, 3.8) is 0 Å². The zero-order chi connectivity index (χ0) is 16.3. The highest BCUT2D eigenvalue weighted by Crippen LogP contribution is 2.80. The highest BCUT2D eigenvalue weighted by Gasteiger charge is 2.76. The van der Waals surface area contributed by atoms with E-state index in [-0.39, 0.29) is 0 Å². The van der Waals surface area contributed by atoms with Crippen LogP contribution in [0.4, 0.5) is 0 Å². The molecule has 0 aromatic rings. The Balaban J connectivity index is 1.41. The first-order chi connectivity index (χ1) is 11.6. The summed E-state index contributed by atoms with van der Waals surface area (Å²) in [5, 5.41) is 18.7. The summed E-state index contributed by atoms with van der Waals surface area (Å²) in [5.74, 6) is 6.21. The molecule has 0 aliphatic heterocycles. The van der Waals surface area contributed by atoms with Gasteiger partial charge in [0.05, 0.1) is 0 Å². The summed E-state index contributed by atoms with van der Waals surface area (Å²) in [6, 6.07) is 0.